The molecule has 0 aliphatic heterocycles. The fourth-order valence-corrected chi connectivity index (χ4v) is 3.24. The predicted octanol–water partition coefficient (Wildman–Crippen LogP) is 4.40. The molecule has 0 spiro atoms. The molecular formula is C23H21N5O. The molecule has 1 N–H and O–H groups in total. The van der Waals surface area contributed by atoms with Crippen LogP contribution in [0.5, 0.6) is 0 Å². The number of amides is 1. The van der Waals surface area contributed by atoms with E-state index in [-0.39, 0.29) is 5.91 Å². The average Bonchev–Trinajstić information content (AvgIpc) is 3.21. The Labute approximate surface area is 169 Å². The van der Waals surface area contributed by atoms with Gasteiger partial charge in [-0.05, 0) is 36.3 Å². The molecule has 4 rings (SSSR count). The van der Waals surface area contributed by atoms with Crippen LogP contribution >= 0.6 is 0 Å². The lowest BCUT2D eigenvalue weighted by atomic mass is 10.0. The molecule has 0 saturated heterocycles. The highest BCUT2D eigenvalue weighted by Crippen LogP contribution is 2.31. The van der Waals surface area contributed by atoms with Gasteiger partial charge in [-0.1, -0.05) is 25.6 Å². The lowest BCUT2D eigenvalue weighted by Gasteiger charge is -2.16. The van der Waals surface area contributed by atoms with Gasteiger partial charge in [-0.15, -0.1) is 0 Å². The number of rotatable bonds is 5. The second-order valence-corrected chi connectivity index (χ2v) is 6.72. The molecule has 0 aliphatic carbocycles. The first kappa shape index (κ1) is 18.6. The second kappa shape index (κ2) is 7.67. The van der Waals surface area contributed by atoms with Gasteiger partial charge in [0.25, 0.3) is 0 Å². The fraction of sp³-hybridized carbons (Fsp3) is 0.130. The van der Waals surface area contributed by atoms with E-state index >= 15 is 0 Å². The van der Waals surface area contributed by atoms with Crippen LogP contribution < -0.4 is 4.90 Å². The number of carbonyl (C=O) groups excluding carboxylic acids is 1. The van der Waals surface area contributed by atoms with Crippen LogP contribution in [0.4, 0.5) is 5.69 Å². The number of nitrogens with one attached hydrogen (secondary N) is 1. The standard InChI is InChI=1S/C23H21N5O/c1-4-17-12-24-14-21(27-17)20-13-26-23-19(20)10-16(11-25-23)15-7-6-8-18(9-15)28(3)22(29)5-2/h5-14H,2,4H2,1,3H3,(H,25,26). The third kappa shape index (κ3) is 3.52. The number of hydrogen-bond acceptors (Lipinski definition) is 4. The molecule has 6 heteroatoms. The van der Waals surface area contributed by atoms with Crippen LogP contribution in [0.15, 0.2) is 67.8 Å². The van der Waals surface area contributed by atoms with Crippen LogP contribution in [0.25, 0.3) is 33.4 Å². The number of H-pyrrole nitrogens is 1. The highest BCUT2D eigenvalue weighted by Gasteiger charge is 2.12. The number of nitrogens with zero attached hydrogens (tertiary/aromatic N) is 4. The Balaban J connectivity index is 1.78. The van der Waals surface area contributed by atoms with Crippen molar-refractivity contribution in [3.63, 3.8) is 0 Å². The summed E-state index contributed by atoms with van der Waals surface area (Å²) in [6, 6.07) is 9.87. The molecule has 3 heterocycles. The number of hydrogen-bond donors (Lipinski definition) is 1. The number of pyridine rings is 1. The van der Waals surface area contributed by atoms with Crippen molar-refractivity contribution in [2.24, 2.45) is 0 Å². The van der Waals surface area contributed by atoms with Gasteiger partial charge in [-0.25, -0.2) is 9.97 Å². The second-order valence-electron chi connectivity index (χ2n) is 6.72. The Morgan fingerprint density at radius 2 is 2.07 bits per heavy atom. The van der Waals surface area contributed by atoms with E-state index in [0.717, 1.165) is 51.2 Å². The summed E-state index contributed by atoms with van der Waals surface area (Å²) in [5.41, 5.74) is 6.25. The van der Waals surface area contributed by atoms with E-state index in [1.807, 2.05) is 36.7 Å². The number of carbonyl (C=O) groups is 1. The van der Waals surface area contributed by atoms with E-state index < -0.39 is 0 Å². The van der Waals surface area contributed by atoms with Crippen LogP contribution in [0.3, 0.4) is 0 Å². The lowest BCUT2D eigenvalue weighted by Crippen LogP contribution is -2.23. The molecule has 0 atom stereocenters. The van der Waals surface area contributed by atoms with Crippen LogP contribution in [0, 0.1) is 0 Å². The number of benzene rings is 1. The predicted molar refractivity (Wildman–Crippen MR) is 116 cm³/mol. The Bertz CT molecular complexity index is 1210. The molecule has 1 amide bonds. The normalized spacial score (nSPS) is 10.8. The van der Waals surface area contributed by atoms with Crippen molar-refractivity contribution >= 4 is 22.6 Å². The topological polar surface area (TPSA) is 74.8 Å². The van der Waals surface area contributed by atoms with Crippen LogP contribution in [0.1, 0.15) is 12.6 Å². The minimum atomic E-state index is -0.155. The summed E-state index contributed by atoms with van der Waals surface area (Å²) < 4.78 is 0. The van der Waals surface area contributed by atoms with Crippen LogP contribution in [0.2, 0.25) is 0 Å². The molecule has 0 aliphatic rings. The Kier molecular flexibility index (Phi) is 4.91. The first-order valence-corrected chi connectivity index (χ1v) is 9.39. The van der Waals surface area contributed by atoms with E-state index in [9.17, 15) is 4.79 Å². The molecule has 0 radical (unpaired) electrons. The summed E-state index contributed by atoms with van der Waals surface area (Å²) in [5, 5.41) is 0.978. The monoisotopic (exact) mass is 383 g/mol. The van der Waals surface area contributed by atoms with Gasteiger partial charge in [0.05, 0.1) is 17.6 Å². The maximum Gasteiger partial charge on any atom is 0.250 e. The average molecular weight is 383 g/mol. The summed E-state index contributed by atoms with van der Waals surface area (Å²) in [6.07, 6.45) is 9.43. The number of aromatic nitrogens is 4. The first-order valence-electron chi connectivity index (χ1n) is 9.39. The molecule has 3 aromatic heterocycles. The van der Waals surface area contributed by atoms with Gasteiger partial charge < -0.3 is 9.88 Å². The van der Waals surface area contributed by atoms with Crippen molar-refractivity contribution in [3.8, 4) is 22.4 Å². The molecule has 29 heavy (non-hydrogen) atoms. The first-order chi connectivity index (χ1) is 14.1. The van der Waals surface area contributed by atoms with E-state index in [1.54, 1.807) is 24.3 Å². The molecule has 0 unspecified atom stereocenters. The van der Waals surface area contributed by atoms with Gasteiger partial charge in [0, 0.05) is 47.8 Å². The zero-order valence-electron chi connectivity index (χ0n) is 16.4. The van der Waals surface area contributed by atoms with E-state index in [0.29, 0.717) is 0 Å². The van der Waals surface area contributed by atoms with Crippen molar-refractivity contribution in [1.82, 2.24) is 19.9 Å². The third-order valence-electron chi connectivity index (χ3n) is 4.93. The van der Waals surface area contributed by atoms with Gasteiger partial charge in [0.1, 0.15) is 5.65 Å². The number of likely N-dealkylation sites (N-methyl/N-ethyl adjacent to an activating group) is 1. The van der Waals surface area contributed by atoms with E-state index in [1.165, 1.54) is 6.08 Å². The van der Waals surface area contributed by atoms with Crippen LogP contribution in [-0.2, 0) is 11.2 Å². The highest BCUT2D eigenvalue weighted by molar-refractivity contribution is 6.01. The number of aromatic amines is 1. The molecule has 0 bridgehead atoms. The molecule has 6 nitrogen and oxygen atoms in total. The van der Waals surface area contributed by atoms with Gasteiger partial charge in [0.15, 0.2) is 0 Å². The van der Waals surface area contributed by atoms with E-state index in [2.05, 4.69) is 39.5 Å². The van der Waals surface area contributed by atoms with Crippen molar-refractivity contribution < 1.29 is 4.79 Å². The third-order valence-corrected chi connectivity index (χ3v) is 4.93. The largest absolute Gasteiger partial charge is 0.345 e. The van der Waals surface area contributed by atoms with Gasteiger partial charge in [-0.2, -0.15) is 0 Å². The fourth-order valence-electron chi connectivity index (χ4n) is 3.24. The Morgan fingerprint density at radius 3 is 2.86 bits per heavy atom. The molecule has 1 aromatic carbocycles. The minimum absolute atomic E-state index is 0.155. The van der Waals surface area contributed by atoms with Crippen molar-refractivity contribution in [2.75, 3.05) is 11.9 Å². The quantitative estimate of drug-likeness (QED) is 0.519. The summed E-state index contributed by atoms with van der Waals surface area (Å²) in [5.74, 6) is -0.155. The smallest absolute Gasteiger partial charge is 0.250 e. The molecule has 0 saturated carbocycles. The summed E-state index contributed by atoms with van der Waals surface area (Å²) in [6.45, 7) is 5.61. The van der Waals surface area contributed by atoms with Crippen molar-refractivity contribution in [3.05, 3.63) is 73.5 Å². The van der Waals surface area contributed by atoms with Crippen LogP contribution in [-0.4, -0.2) is 32.9 Å². The maximum absolute atomic E-state index is 11.9. The van der Waals surface area contributed by atoms with Crippen molar-refractivity contribution in [2.45, 2.75) is 13.3 Å². The SMILES string of the molecule is C=CC(=O)N(C)c1cccc(-c2cnc3[nH]cc(-c4cncc(CC)n4)c3c2)c1. The maximum atomic E-state index is 11.9. The molecule has 144 valence electrons. The highest BCUT2D eigenvalue weighted by atomic mass is 16.2. The van der Waals surface area contributed by atoms with Gasteiger partial charge in [0.2, 0.25) is 5.91 Å². The minimum Gasteiger partial charge on any atom is -0.345 e. The Morgan fingerprint density at radius 1 is 1.21 bits per heavy atom. The van der Waals surface area contributed by atoms with Gasteiger partial charge in [-0.3, -0.25) is 9.78 Å². The zero-order valence-corrected chi connectivity index (χ0v) is 16.4. The number of aryl methyl sites for hydroxylation is 1. The van der Waals surface area contributed by atoms with E-state index in [4.69, 9.17) is 0 Å². The summed E-state index contributed by atoms with van der Waals surface area (Å²) in [4.78, 5) is 30.3. The number of fused-ring (bicyclic) bond motifs is 1. The Hall–Kier alpha value is -3.80. The number of anilines is 1. The van der Waals surface area contributed by atoms with Crippen molar-refractivity contribution in [1.29, 1.82) is 0 Å². The van der Waals surface area contributed by atoms with Gasteiger partial charge >= 0.3 is 0 Å². The lowest BCUT2D eigenvalue weighted by molar-refractivity contribution is -0.113. The summed E-state index contributed by atoms with van der Waals surface area (Å²) >= 11 is 0. The molecule has 4 aromatic rings. The zero-order chi connectivity index (χ0) is 20.4. The molecular weight excluding hydrogens is 362 g/mol. The molecule has 0 fully saturated rings. The summed E-state index contributed by atoms with van der Waals surface area (Å²) in [7, 11) is 1.73.